The smallest absolute Gasteiger partial charge is 0.435 e. The molecule has 0 aliphatic carbocycles. The quantitative estimate of drug-likeness (QED) is 0.540. The van der Waals surface area contributed by atoms with E-state index in [9.17, 15) is 31.1 Å². The molecule has 136 valence electrons. The molecule has 0 spiro atoms. The first-order chi connectivity index (χ1) is 11.5. The minimum Gasteiger partial charge on any atom is -0.462 e. The van der Waals surface area contributed by atoms with Crippen LogP contribution in [-0.2, 0) is 17.1 Å². The molecule has 25 heavy (non-hydrogen) atoms. The molecule has 2 aromatic rings. The standard InChI is InChI=1S/C14H9F6NO3S/c1-2-23-11(22)9-10(14(18,19)20)21-12(25-9)24-8-5-3-4-7(6-8)13(15,16)17/h3-6H,2H2,1H3. The topological polar surface area (TPSA) is 48.4 Å². The lowest BCUT2D eigenvalue weighted by molar-refractivity contribution is -0.141. The number of thiazole rings is 1. The zero-order valence-corrected chi connectivity index (χ0v) is 13.2. The molecule has 0 saturated heterocycles. The van der Waals surface area contributed by atoms with Crippen LogP contribution in [0.5, 0.6) is 10.9 Å². The largest absolute Gasteiger partial charge is 0.462 e. The molecule has 0 aliphatic rings. The molecule has 0 saturated carbocycles. The molecule has 1 aromatic carbocycles. The van der Waals surface area contributed by atoms with E-state index in [1.807, 2.05) is 0 Å². The van der Waals surface area contributed by atoms with Crippen molar-refractivity contribution < 1.29 is 40.6 Å². The number of benzene rings is 1. The summed E-state index contributed by atoms with van der Waals surface area (Å²) in [4.78, 5) is 13.9. The summed E-state index contributed by atoms with van der Waals surface area (Å²) in [6, 6.07) is 3.54. The van der Waals surface area contributed by atoms with Crippen LogP contribution in [0.2, 0.25) is 0 Å². The Kier molecular flexibility index (Phi) is 5.26. The SMILES string of the molecule is CCOC(=O)c1sc(Oc2cccc(C(F)(F)F)c2)nc1C(F)(F)F. The Morgan fingerprint density at radius 1 is 1.16 bits per heavy atom. The number of hydrogen-bond donors (Lipinski definition) is 0. The van der Waals surface area contributed by atoms with Gasteiger partial charge in [0, 0.05) is 0 Å². The zero-order chi connectivity index (χ0) is 18.8. The monoisotopic (exact) mass is 385 g/mol. The van der Waals surface area contributed by atoms with Gasteiger partial charge in [-0.3, -0.25) is 0 Å². The number of hydrogen-bond acceptors (Lipinski definition) is 5. The molecule has 1 aromatic heterocycles. The van der Waals surface area contributed by atoms with Crippen LogP contribution in [0.3, 0.4) is 0 Å². The van der Waals surface area contributed by atoms with Crippen LogP contribution >= 0.6 is 11.3 Å². The molecule has 11 heteroatoms. The molecule has 0 bridgehead atoms. The molecule has 0 atom stereocenters. The first-order valence-electron chi connectivity index (χ1n) is 6.62. The third-order valence-corrected chi connectivity index (χ3v) is 3.62. The Bertz CT molecular complexity index is 769. The molecule has 2 rings (SSSR count). The van der Waals surface area contributed by atoms with E-state index in [0.29, 0.717) is 6.07 Å². The van der Waals surface area contributed by atoms with Gasteiger partial charge in [-0.2, -0.15) is 31.3 Å². The molecule has 0 radical (unpaired) electrons. The molecule has 1 heterocycles. The summed E-state index contributed by atoms with van der Waals surface area (Å²) in [6.45, 7) is 1.25. The van der Waals surface area contributed by atoms with Crippen molar-refractivity contribution in [3.05, 3.63) is 40.4 Å². The number of rotatable bonds is 4. The van der Waals surface area contributed by atoms with Gasteiger partial charge in [0.15, 0.2) is 5.69 Å². The lowest BCUT2D eigenvalue weighted by atomic mass is 10.2. The van der Waals surface area contributed by atoms with E-state index in [0.717, 1.165) is 18.2 Å². The van der Waals surface area contributed by atoms with Gasteiger partial charge in [-0.15, -0.1) is 0 Å². The number of carbonyl (C=O) groups excluding carboxylic acids is 1. The predicted octanol–water partition coefficient (Wildman–Crippen LogP) is 5.15. The second kappa shape index (κ2) is 6.90. The average molecular weight is 385 g/mol. The maximum Gasteiger partial charge on any atom is 0.435 e. The van der Waals surface area contributed by atoms with Crippen molar-refractivity contribution in [2.24, 2.45) is 0 Å². The molecule has 4 nitrogen and oxygen atoms in total. The Morgan fingerprint density at radius 2 is 1.84 bits per heavy atom. The van der Waals surface area contributed by atoms with Crippen LogP contribution in [0.15, 0.2) is 24.3 Å². The molecule has 0 amide bonds. The maximum atomic E-state index is 13.0. The molecule has 0 aliphatic heterocycles. The number of aromatic nitrogens is 1. The Morgan fingerprint density at radius 3 is 2.40 bits per heavy atom. The van der Waals surface area contributed by atoms with Crippen LogP contribution in [0.1, 0.15) is 27.9 Å². The average Bonchev–Trinajstić information content (AvgIpc) is 2.91. The van der Waals surface area contributed by atoms with Crippen molar-refractivity contribution >= 4 is 17.3 Å². The van der Waals surface area contributed by atoms with Crippen molar-refractivity contribution in [2.45, 2.75) is 19.3 Å². The lowest BCUT2D eigenvalue weighted by Crippen LogP contribution is -2.13. The zero-order valence-electron chi connectivity index (χ0n) is 12.4. The minimum atomic E-state index is -4.95. The highest BCUT2D eigenvalue weighted by Gasteiger charge is 2.40. The molecular weight excluding hydrogens is 376 g/mol. The maximum absolute atomic E-state index is 13.0. The Hall–Kier alpha value is -2.30. The van der Waals surface area contributed by atoms with Crippen LogP contribution in [0, 0.1) is 0 Å². The van der Waals surface area contributed by atoms with E-state index in [1.165, 1.54) is 6.92 Å². The fourth-order valence-corrected chi connectivity index (χ4v) is 2.56. The summed E-state index contributed by atoms with van der Waals surface area (Å²) in [5.74, 6) is -1.61. The highest BCUT2D eigenvalue weighted by Crippen LogP contribution is 2.39. The lowest BCUT2D eigenvalue weighted by Gasteiger charge is -2.08. The molecular formula is C14H9F6NO3S. The van der Waals surface area contributed by atoms with Crippen LogP contribution < -0.4 is 4.74 Å². The van der Waals surface area contributed by atoms with E-state index < -0.39 is 39.7 Å². The normalized spacial score (nSPS) is 12.1. The summed E-state index contributed by atoms with van der Waals surface area (Å²) >= 11 is 0.233. The first kappa shape index (κ1) is 19.0. The van der Waals surface area contributed by atoms with Crippen molar-refractivity contribution in [3.8, 4) is 10.9 Å². The summed E-state index contributed by atoms with van der Waals surface area (Å²) in [6.07, 6.45) is -9.59. The minimum absolute atomic E-state index is 0.155. The number of alkyl halides is 6. The Labute approximate surface area is 141 Å². The van der Waals surface area contributed by atoms with Crippen molar-refractivity contribution in [1.29, 1.82) is 0 Å². The number of ether oxygens (including phenoxy) is 2. The van der Waals surface area contributed by atoms with E-state index in [-0.39, 0.29) is 23.7 Å². The number of halogens is 6. The fourth-order valence-electron chi connectivity index (χ4n) is 1.71. The highest BCUT2D eigenvalue weighted by molar-refractivity contribution is 7.15. The second-order valence-corrected chi connectivity index (χ2v) is 5.46. The van der Waals surface area contributed by atoms with Gasteiger partial charge in [-0.05, 0) is 25.1 Å². The van der Waals surface area contributed by atoms with E-state index >= 15 is 0 Å². The van der Waals surface area contributed by atoms with Gasteiger partial charge >= 0.3 is 18.3 Å². The highest BCUT2D eigenvalue weighted by atomic mass is 32.1. The van der Waals surface area contributed by atoms with Gasteiger partial charge in [0.1, 0.15) is 10.6 Å². The molecule has 0 fully saturated rings. The van der Waals surface area contributed by atoms with E-state index in [2.05, 4.69) is 9.72 Å². The summed E-state index contributed by atoms with van der Waals surface area (Å²) in [5.41, 5.74) is -2.55. The van der Waals surface area contributed by atoms with Crippen molar-refractivity contribution in [3.63, 3.8) is 0 Å². The second-order valence-electron chi connectivity index (χ2n) is 4.50. The van der Waals surface area contributed by atoms with Gasteiger partial charge in [-0.25, -0.2) is 4.79 Å². The van der Waals surface area contributed by atoms with Crippen LogP contribution in [0.25, 0.3) is 0 Å². The molecule has 0 unspecified atom stereocenters. The summed E-state index contributed by atoms with van der Waals surface area (Å²) < 4.78 is 86.3. The predicted molar refractivity (Wildman–Crippen MR) is 74.6 cm³/mol. The van der Waals surface area contributed by atoms with Gasteiger partial charge in [0.05, 0.1) is 12.2 Å². The summed E-state index contributed by atoms with van der Waals surface area (Å²) in [5, 5.41) is -0.630. The third kappa shape index (κ3) is 4.62. The number of nitrogens with zero attached hydrogens (tertiary/aromatic N) is 1. The van der Waals surface area contributed by atoms with Crippen molar-refractivity contribution in [1.82, 2.24) is 4.98 Å². The molecule has 0 N–H and O–H groups in total. The van der Waals surface area contributed by atoms with E-state index in [1.54, 1.807) is 0 Å². The van der Waals surface area contributed by atoms with Crippen molar-refractivity contribution in [2.75, 3.05) is 6.61 Å². The fraction of sp³-hybridized carbons (Fsp3) is 0.286. The summed E-state index contributed by atoms with van der Waals surface area (Å²) in [7, 11) is 0. The number of carbonyl (C=O) groups is 1. The van der Waals surface area contributed by atoms with Crippen LogP contribution in [-0.4, -0.2) is 17.6 Å². The van der Waals surface area contributed by atoms with E-state index in [4.69, 9.17) is 4.74 Å². The van der Waals surface area contributed by atoms with Crippen LogP contribution in [0.4, 0.5) is 26.3 Å². The Balaban J connectivity index is 2.36. The van der Waals surface area contributed by atoms with Gasteiger partial charge in [0.25, 0.3) is 5.19 Å². The number of esters is 1. The van der Waals surface area contributed by atoms with Gasteiger partial charge < -0.3 is 9.47 Å². The first-order valence-corrected chi connectivity index (χ1v) is 7.44. The third-order valence-electron chi connectivity index (χ3n) is 2.70. The van der Waals surface area contributed by atoms with Gasteiger partial charge in [0.2, 0.25) is 0 Å². The van der Waals surface area contributed by atoms with Gasteiger partial charge in [-0.1, -0.05) is 17.4 Å².